The number of rotatable bonds is 1. The summed E-state index contributed by atoms with van der Waals surface area (Å²) in [4.78, 5) is 0. The lowest BCUT2D eigenvalue weighted by molar-refractivity contribution is -0.113. The molecular weight excluding hydrogens is 212 g/mol. The Balaban J connectivity index is -0.000000209. The molecule has 0 atom stereocenters. The molecule has 7 heteroatoms. The highest BCUT2D eigenvalue weighted by Gasteiger charge is 2.38. The van der Waals surface area contributed by atoms with Crippen molar-refractivity contribution in [2.75, 3.05) is 0 Å². The lowest BCUT2D eigenvalue weighted by Gasteiger charge is -1.98. The van der Waals surface area contributed by atoms with Crippen LogP contribution in [0.15, 0.2) is 11.9 Å². The Morgan fingerprint density at radius 1 is 0.929 bits per heavy atom. The van der Waals surface area contributed by atoms with Crippen molar-refractivity contribution < 1.29 is 26.3 Å². The van der Waals surface area contributed by atoms with Crippen LogP contribution in [-0.2, 0) is 0 Å². The van der Waals surface area contributed by atoms with E-state index in [0.29, 0.717) is 0 Å². The van der Waals surface area contributed by atoms with Crippen LogP contribution in [0.25, 0.3) is 0 Å². The van der Waals surface area contributed by atoms with Crippen LogP contribution in [0.4, 0.5) is 26.3 Å². The summed E-state index contributed by atoms with van der Waals surface area (Å²) in [6.07, 6.45) is -6.26. The Kier molecular flexibility index (Phi) is 12.0. The van der Waals surface area contributed by atoms with Crippen molar-refractivity contribution in [2.24, 2.45) is 0 Å². The number of hydrogen-bond donors (Lipinski definition) is 1. The SMILES string of the molecule is CCCC.FC(F)=C(F)C(F)(F)F.N. The number of halogens is 6. The maximum atomic E-state index is 11.0. The Morgan fingerprint density at radius 3 is 1.21 bits per heavy atom. The largest absolute Gasteiger partial charge is 0.448 e. The molecule has 0 rings (SSSR count). The van der Waals surface area contributed by atoms with Gasteiger partial charge in [0.05, 0.1) is 0 Å². The molecule has 14 heavy (non-hydrogen) atoms. The fraction of sp³-hybridized carbons (Fsp3) is 0.714. The van der Waals surface area contributed by atoms with Crippen LogP contribution in [0.5, 0.6) is 0 Å². The van der Waals surface area contributed by atoms with E-state index < -0.39 is 18.1 Å². The fourth-order valence-corrected chi connectivity index (χ4v) is 0.107. The highest BCUT2D eigenvalue weighted by molar-refractivity contribution is 4.98. The molecule has 0 aromatic rings. The van der Waals surface area contributed by atoms with E-state index in [1.54, 1.807) is 0 Å². The molecule has 0 radical (unpaired) electrons. The summed E-state index contributed by atoms with van der Waals surface area (Å²) in [5, 5.41) is 0. The molecule has 0 saturated carbocycles. The molecule has 0 aromatic carbocycles. The Hall–Kier alpha value is -0.720. The van der Waals surface area contributed by atoms with E-state index in [9.17, 15) is 26.3 Å². The van der Waals surface area contributed by atoms with Crippen LogP contribution in [0, 0.1) is 0 Å². The third-order valence-electron chi connectivity index (χ3n) is 0.915. The van der Waals surface area contributed by atoms with Gasteiger partial charge < -0.3 is 6.15 Å². The number of alkyl halides is 3. The molecule has 3 N–H and O–H groups in total. The first kappa shape index (κ1) is 18.9. The molecule has 0 aliphatic carbocycles. The first-order valence-electron chi connectivity index (χ1n) is 3.55. The van der Waals surface area contributed by atoms with E-state index in [2.05, 4.69) is 13.8 Å². The maximum absolute atomic E-state index is 11.0. The van der Waals surface area contributed by atoms with Crippen molar-refractivity contribution in [3.63, 3.8) is 0 Å². The van der Waals surface area contributed by atoms with Crippen molar-refractivity contribution in [2.45, 2.75) is 32.9 Å². The lowest BCUT2D eigenvalue weighted by Crippen LogP contribution is -2.08. The predicted octanol–water partition coefficient (Wildman–Crippen LogP) is 4.59. The summed E-state index contributed by atoms with van der Waals surface area (Å²) in [6, 6.07) is 0. The summed E-state index contributed by atoms with van der Waals surface area (Å²) >= 11 is 0. The second kappa shape index (κ2) is 8.86. The van der Waals surface area contributed by atoms with Crippen molar-refractivity contribution in [1.29, 1.82) is 0 Å². The van der Waals surface area contributed by atoms with Crippen molar-refractivity contribution in [1.82, 2.24) is 6.15 Å². The van der Waals surface area contributed by atoms with Gasteiger partial charge in [0, 0.05) is 0 Å². The molecule has 0 saturated heterocycles. The standard InChI is InChI=1S/C4H10.C3F6.H3N/c1-3-4-2;4-1(2(5)6)3(7,8)9;/h3-4H2,1-2H3;;1H3. The molecule has 88 valence electrons. The van der Waals surface area contributed by atoms with Crippen molar-refractivity contribution in [3.8, 4) is 0 Å². The second-order valence-corrected chi connectivity index (χ2v) is 2.07. The first-order valence-corrected chi connectivity index (χ1v) is 3.55. The Bertz CT molecular complexity index is 156. The van der Waals surface area contributed by atoms with Gasteiger partial charge in [0.2, 0.25) is 0 Å². The average molecular weight is 225 g/mol. The van der Waals surface area contributed by atoms with Crippen LogP contribution in [0.1, 0.15) is 26.7 Å². The highest BCUT2D eigenvalue weighted by Crippen LogP contribution is 2.29. The molecule has 0 aliphatic rings. The van der Waals surface area contributed by atoms with Gasteiger partial charge >= 0.3 is 12.3 Å². The minimum Gasteiger partial charge on any atom is -0.344 e. The van der Waals surface area contributed by atoms with Crippen LogP contribution >= 0.6 is 0 Å². The van der Waals surface area contributed by atoms with E-state index in [4.69, 9.17) is 0 Å². The monoisotopic (exact) mass is 225 g/mol. The van der Waals surface area contributed by atoms with Crippen LogP contribution in [0.3, 0.4) is 0 Å². The second-order valence-electron chi connectivity index (χ2n) is 2.07. The van der Waals surface area contributed by atoms with Gasteiger partial charge in [-0.1, -0.05) is 26.7 Å². The fourth-order valence-electron chi connectivity index (χ4n) is 0.107. The van der Waals surface area contributed by atoms with Gasteiger partial charge in [-0.3, -0.25) is 0 Å². The van der Waals surface area contributed by atoms with Gasteiger partial charge in [0.25, 0.3) is 5.83 Å². The van der Waals surface area contributed by atoms with Crippen molar-refractivity contribution >= 4 is 0 Å². The molecule has 0 heterocycles. The van der Waals surface area contributed by atoms with Crippen molar-refractivity contribution in [3.05, 3.63) is 11.9 Å². The first-order chi connectivity index (χ1) is 5.77. The zero-order valence-corrected chi connectivity index (χ0v) is 7.89. The molecule has 0 spiro atoms. The third kappa shape index (κ3) is 11.3. The van der Waals surface area contributed by atoms with Gasteiger partial charge in [-0.2, -0.15) is 26.3 Å². The molecule has 0 unspecified atom stereocenters. The molecular formula is C7H13F6N. The molecule has 0 amide bonds. The summed E-state index contributed by atoms with van der Waals surface area (Å²) < 4.78 is 64.8. The Morgan fingerprint density at radius 2 is 1.21 bits per heavy atom. The summed E-state index contributed by atoms with van der Waals surface area (Å²) in [5.74, 6) is -3.33. The van der Waals surface area contributed by atoms with E-state index in [-0.39, 0.29) is 6.15 Å². The predicted molar refractivity (Wildman–Crippen MR) is 42.0 cm³/mol. The smallest absolute Gasteiger partial charge is 0.344 e. The highest BCUT2D eigenvalue weighted by atomic mass is 19.4. The van der Waals surface area contributed by atoms with Gasteiger partial charge in [-0.05, 0) is 0 Å². The van der Waals surface area contributed by atoms with Crippen LogP contribution < -0.4 is 6.15 Å². The molecule has 0 aliphatic heterocycles. The molecule has 0 fully saturated rings. The lowest BCUT2D eigenvalue weighted by atomic mass is 10.4. The van der Waals surface area contributed by atoms with Crippen LogP contribution in [-0.4, -0.2) is 6.18 Å². The zero-order valence-electron chi connectivity index (χ0n) is 7.89. The molecule has 0 aromatic heterocycles. The van der Waals surface area contributed by atoms with Gasteiger partial charge in [0.15, 0.2) is 0 Å². The third-order valence-corrected chi connectivity index (χ3v) is 0.915. The summed E-state index contributed by atoms with van der Waals surface area (Å²) in [7, 11) is 0. The van der Waals surface area contributed by atoms with Gasteiger partial charge in [0.1, 0.15) is 0 Å². The molecule has 0 bridgehead atoms. The maximum Gasteiger partial charge on any atom is 0.448 e. The minimum atomic E-state index is -5.56. The topological polar surface area (TPSA) is 35.0 Å². The molecule has 1 nitrogen and oxygen atoms in total. The average Bonchev–Trinajstić information content (AvgIpc) is 2.02. The Labute approximate surface area is 78.4 Å². The van der Waals surface area contributed by atoms with E-state index in [1.165, 1.54) is 12.8 Å². The van der Waals surface area contributed by atoms with E-state index in [0.717, 1.165) is 0 Å². The number of hydrogen-bond acceptors (Lipinski definition) is 1. The summed E-state index contributed by atoms with van der Waals surface area (Å²) in [5.41, 5.74) is 0. The number of unbranched alkanes of at least 4 members (excludes halogenated alkanes) is 1. The van der Waals surface area contributed by atoms with E-state index >= 15 is 0 Å². The zero-order chi connectivity index (χ0) is 11.1. The normalized spacial score (nSPS) is 9.43. The van der Waals surface area contributed by atoms with Gasteiger partial charge in [-0.25, -0.2) is 0 Å². The number of allylic oxidation sites excluding steroid dienone is 1. The van der Waals surface area contributed by atoms with Crippen LogP contribution in [0.2, 0.25) is 0 Å². The quantitative estimate of drug-likeness (QED) is 0.650. The summed E-state index contributed by atoms with van der Waals surface area (Å²) in [6.45, 7) is 4.36. The van der Waals surface area contributed by atoms with E-state index in [1.807, 2.05) is 0 Å². The van der Waals surface area contributed by atoms with Gasteiger partial charge in [-0.15, -0.1) is 0 Å². The minimum absolute atomic E-state index is 0.